The summed E-state index contributed by atoms with van der Waals surface area (Å²) in [5.41, 5.74) is 1.02. The molecule has 1 amide bonds. The maximum atomic E-state index is 12.6. The summed E-state index contributed by atoms with van der Waals surface area (Å²) in [7, 11) is 1.81. The monoisotopic (exact) mass is 260 g/mol. The Labute approximate surface area is 107 Å². The molecular weight excluding hydrogens is 243 g/mol. The van der Waals surface area contributed by atoms with Gasteiger partial charge >= 0.3 is 0 Å². The average Bonchev–Trinajstić information content (AvgIpc) is 2.29. The highest BCUT2D eigenvalue weighted by atomic mass is 35.5. The van der Waals surface area contributed by atoms with Crippen LogP contribution in [-0.2, 0) is 11.2 Å². The van der Waals surface area contributed by atoms with Gasteiger partial charge in [0, 0.05) is 19.5 Å². The van der Waals surface area contributed by atoms with Crippen LogP contribution in [0.2, 0.25) is 0 Å². The molecule has 0 aliphatic carbocycles. The van der Waals surface area contributed by atoms with Crippen molar-refractivity contribution in [2.75, 3.05) is 20.1 Å². The summed E-state index contributed by atoms with van der Waals surface area (Å²) in [4.78, 5) is 11.2. The number of benzene rings is 1. The first kappa shape index (κ1) is 15.9. The third kappa shape index (κ3) is 6.92. The van der Waals surface area contributed by atoms with E-state index < -0.39 is 0 Å². The fourth-order valence-corrected chi connectivity index (χ4v) is 1.32. The van der Waals surface area contributed by atoms with Gasteiger partial charge < -0.3 is 10.6 Å². The van der Waals surface area contributed by atoms with Crippen LogP contribution >= 0.6 is 12.4 Å². The molecule has 0 radical (unpaired) electrons. The Kier molecular flexibility index (Phi) is 8.36. The molecule has 5 heteroatoms. The summed E-state index contributed by atoms with van der Waals surface area (Å²) >= 11 is 0. The van der Waals surface area contributed by atoms with Crippen LogP contribution in [0, 0.1) is 5.82 Å². The Bertz CT molecular complexity index is 330. The van der Waals surface area contributed by atoms with Gasteiger partial charge in [-0.3, -0.25) is 4.79 Å². The van der Waals surface area contributed by atoms with Crippen molar-refractivity contribution in [1.29, 1.82) is 0 Å². The van der Waals surface area contributed by atoms with E-state index in [-0.39, 0.29) is 24.1 Å². The van der Waals surface area contributed by atoms with Crippen molar-refractivity contribution in [2.45, 2.75) is 12.8 Å². The predicted octanol–water partition coefficient (Wildman–Crippen LogP) is 1.52. The summed E-state index contributed by atoms with van der Waals surface area (Å²) in [6.07, 6.45) is 1.21. The van der Waals surface area contributed by atoms with E-state index in [1.165, 1.54) is 12.1 Å². The zero-order valence-electron chi connectivity index (χ0n) is 9.83. The molecule has 0 atom stereocenters. The van der Waals surface area contributed by atoms with Gasteiger partial charge in [0.15, 0.2) is 0 Å². The Morgan fingerprint density at radius 3 is 2.47 bits per heavy atom. The highest BCUT2D eigenvalue weighted by Crippen LogP contribution is 2.02. The molecule has 1 aromatic rings. The van der Waals surface area contributed by atoms with Gasteiger partial charge in [-0.25, -0.2) is 4.39 Å². The van der Waals surface area contributed by atoms with E-state index in [1.54, 1.807) is 12.1 Å². The molecule has 0 aliphatic heterocycles. The Hall–Kier alpha value is -1.13. The first-order valence-corrected chi connectivity index (χ1v) is 5.38. The van der Waals surface area contributed by atoms with Gasteiger partial charge in [0.2, 0.25) is 5.91 Å². The number of nitrogens with one attached hydrogen (secondary N) is 2. The smallest absolute Gasteiger partial charge is 0.221 e. The molecular formula is C12H18ClFN2O. The fraction of sp³-hybridized carbons (Fsp3) is 0.417. The fourth-order valence-electron chi connectivity index (χ4n) is 1.32. The summed E-state index contributed by atoms with van der Waals surface area (Å²) in [5, 5.41) is 5.72. The number of hydrogen-bond donors (Lipinski definition) is 2. The topological polar surface area (TPSA) is 41.1 Å². The number of carbonyl (C=O) groups excluding carboxylic acids is 1. The molecule has 17 heavy (non-hydrogen) atoms. The Morgan fingerprint density at radius 1 is 1.24 bits per heavy atom. The molecule has 0 fully saturated rings. The van der Waals surface area contributed by atoms with Gasteiger partial charge in [0.1, 0.15) is 5.82 Å². The van der Waals surface area contributed by atoms with Gasteiger partial charge in [-0.05, 0) is 31.2 Å². The van der Waals surface area contributed by atoms with Crippen LogP contribution in [-0.4, -0.2) is 26.0 Å². The minimum Gasteiger partial charge on any atom is -0.356 e. The number of halogens is 2. The Morgan fingerprint density at radius 2 is 1.88 bits per heavy atom. The molecule has 0 aliphatic rings. The molecule has 0 aromatic heterocycles. The van der Waals surface area contributed by atoms with E-state index >= 15 is 0 Å². The lowest BCUT2D eigenvalue weighted by Gasteiger charge is -2.05. The van der Waals surface area contributed by atoms with Gasteiger partial charge in [-0.2, -0.15) is 0 Å². The van der Waals surface area contributed by atoms with Gasteiger partial charge in [-0.1, -0.05) is 12.1 Å². The van der Waals surface area contributed by atoms with Crippen molar-refractivity contribution in [3.8, 4) is 0 Å². The normalized spacial score (nSPS) is 9.53. The van der Waals surface area contributed by atoms with Crippen molar-refractivity contribution < 1.29 is 9.18 Å². The maximum absolute atomic E-state index is 12.6. The van der Waals surface area contributed by atoms with Crippen molar-refractivity contribution in [3.63, 3.8) is 0 Å². The second-order valence-electron chi connectivity index (χ2n) is 3.58. The first-order valence-electron chi connectivity index (χ1n) is 5.38. The van der Waals surface area contributed by atoms with Crippen molar-refractivity contribution in [2.24, 2.45) is 0 Å². The SMILES string of the molecule is CNCCC(=O)NCCc1ccc(F)cc1.Cl. The van der Waals surface area contributed by atoms with E-state index in [9.17, 15) is 9.18 Å². The lowest BCUT2D eigenvalue weighted by molar-refractivity contribution is -0.120. The van der Waals surface area contributed by atoms with Crippen LogP contribution in [0.25, 0.3) is 0 Å². The average molecular weight is 261 g/mol. The molecule has 96 valence electrons. The third-order valence-corrected chi connectivity index (χ3v) is 2.25. The molecule has 1 aromatic carbocycles. The molecule has 3 nitrogen and oxygen atoms in total. The van der Waals surface area contributed by atoms with Crippen LogP contribution in [0.15, 0.2) is 24.3 Å². The predicted molar refractivity (Wildman–Crippen MR) is 68.9 cm³/mol. The van der Waals surface area contributed by atoms with E-state index in [0.717, 1.165) is 12.0 Å². The summed E-state index contributed by atoms with van der Waals surface area (Å²) in [5.74, 6) is -0.196. The quantitative estimate of drug-likeness (QED) is 0.814. The van der Waals surface area contributed by atoms with Gasteiger partial charge in [0.25, 0.3) is 0 Å². The van der Waals surface area contributed by atoms with Crippen molar-refractivity contribution in [1.82, 2.24) is 10.6 Å². The molecule has 0 bridgehead atoms. The van der Waals surface area contributed by atoms with Gasteiger partial charge in [-0.15, -0.1) is 12.4 Å². The van der Waals surface area contributed by atoms with Crippen LogP contribution in [0.4, 0.5) is 4.39 Å². The lowest BCUT2D eigenvalue weighted by atomic mass is 10.1. The Balaban J connectivity index is 0.00000256. The summed E-state index contributed by atoms with van der Waals surface area (Å²) in [6.45, 7) is 1.27. The van der Waals surface area contributed by atoms with Gasteiger partial charge in [0.05, 0.1) is 0 Å². The molecule has 0 spiro atoms. The molecule has 1 rings (SSSR count). The first-order chi connectivity index (χ1) is 7.72. The number of amides is 1. The van der Waals surface area contributed by atoms with E-state index in [2.05, 4.69) is 10.6 Å². The minimum absolute atomic E-state index is 0. The largest absolute Gasteiger partial charge is 0.356 e. The van der Waals surface area contributed by atoms with Crippen LogP contribution in [0.1, 0.15) is 12.0 Å². The maximum Gasteiger partial charge on any atom is 0.221 e. The highest BCUT2D eigenvalue weighted by Gasteiger charge is 1.99. The summed E-state index contributed by atoms with van der Waals surface area (Å²) in [6, 6.07) is 6.32. The second kappa shape index (κ2) is 8.96. The molecule has 0 unspecified atom stereocenters. The van der Waals surface area contributed by atoms with E-state index in [0.29, 0.717) is 19.5 Å². The van der Waals surface area contributed by atoms with E-state index in [4.69, 9.17) is 0 Å². The summed E-state index contributed by atoms with van der Waals surface area (Å²) < 4.78 is 12.6. The second-order valence-corrected chi connectivity index (χ2v) is 3.58. The molecule has 0 saturated heterocycles. The number of rotatable bonds is 6. The highest BCUT2D eigenvalue weighted by molar-refractivity contribution is 5.85. The molecule has 2 N–H and O–H groups in total. The lowest BCUT2D eigenvalue weighted by Crippen LogP contribution is -2.28. The van der Waals surface area contributed by atoms with E-state index in [1.807, 2.05) is 7.05 Å². The third-order valence-electron chi connectivity index (χ3n) is 2.25. The zero-order valence-corrected chi connectivity index (χ0v) is 10.6. The zero-order chi connectivity index (χ0) is 11.8. The molecule has 0 saturated carbocycles. The van der Waals surface area contributed by atoms with Crippen molar-refractivity contribution in [3.05, 3.63) is 35.6 Å². The van der Waals surface area contributed by atoms with Crippen LogP contribution < -0.4 is 10.6 Å². The standard InChI is InChI=1S/C12H17FN2O.ClH/c1-14-8-7-12(16)15-9-6-10-2-4-11(13)5-3-10;/h2-5,14H,6-9H2,1H3,(H,15,16);1H. The number of hydrogen-bond acceptors (Lipinski definition) is 2. The van der Waals surface area contributed by atoms with Crippen LogP contribution in [0.3, 0.4) is 0 Å². The number of carbonyl (C=O) groups is 1. The van der Waals surface area contributed by atoms with Crippen LogP contribution in [0.5, 0.6) is 0 Å². The molecule has 0 heterocycles. The minimum atomic E-state index is -0.234. The van der Waals surface area contributed by atoms with Crippen molar-refractivity contribution >= 4 is 18.3 Å².